The van der Waals surface area contributed by atoms with Crippen LogP contribution in [0.15, 0.2) is 48.8 Å². The van der Waals surface area contributed by atoms with Gasteiger partial charge in [-0.1, -0.05) is 31.2 Å². The number of aromatic nitrogens is 3. The monoisotopic (exact) mass is 264 g/mol. The third-order valence-electron chi connectivity index (χ3n) is 3.10. The molecular formula is C16H16N4. The molecule has 3 aromatic rings. The highest BCUT2D eigenvalue weighted by molar-refractivity contribution is 5.92. The van der Waals surface area contributed by atoms with E-state index in [0.29, 0.717) is 5.95 Å². The maximum Gasteiger partial charge on any atom is 0.223 e. The summed E-state index contributed by atoms with van der Waals surface area (Å²) in [6.45, 7) is 2.99. The quantitative estimate of drug-likeness (QED) is 0.783. The lowest BCUT2D eigenvalue weighted by molar-refractivity contribution is 0.953. The van der Waals surface area contributed by atoms with Crippen LogP contribution in [-0.4, -0.2) is 21.5 Å². The zero-order valence-electron chi connectivity index (χ0n) is 11.4. The van der Waals surface area contributed by atoms with Crippen LogP contribution in [0.1, 0.15) is 13.3 Å². The number of hydrogen-bond donors (Lipinski definition) is 1. The van der Waals surface area contributed by atoms with Crippen LogP contribution in [0.5, 0.6) is 0 Å². The number of hydrogen-bond acceptors (Lipinski definition) is 4. The molecular weight excluding hydrogens is 248 g/mol. The molecule has 0 saturated heterocycles. The van der Waals surface area contributed by atoms with Crippen LogP contribution in [-0.2, 0) is 0 Å². The van der Waals surface area contributed by atoms with Gasteiger partial charge in [-0.05, 0) is 18.6 Å². The summed E-state index contributed by atoms with van der Waals surface area (Å²) in [5, 5.41) is 4.33. The summed E-state index contributed by atoms with van der Waals surface area (Å²) in [7, 11) is 0. The van der Waals surface area contributed by atoms with E-state index < -0.39 is 0 Å². The summed E-state index contributed by atoms with van der Waals surface area (Å²) >= 11 is 0. The fraction of sp³-hybridized carbons (Fsp3) is 0.188. The van der Waals surface area contributed by atoms with E-state index in [4.69, 9.17) is 0 Å². The second kappa shape index (κ2) is 5.65. The number of anilines is 1. The number of para-hydroxylation sites is 1. The van der Waals surface area contributed by atoms with Crippen LogP contribution in [0, 0.1) is 0 Å². The number of pyridine rings is 1. The molecule has 1 aromatic carbocycles. The maximum absolute atomic E-state index is 4.57. The normalized spacial score (nSPS) is 10.7. The minimum atomic E-state index is 0.664. The second-order valence-electron chi connectivity index (χ2n) is 4.57. The molecule has 0 aliphatic heterocycles. The number of fused-ring (bicyclic) bond motifs is 1. The van der Waals surface area contributed by atoms with E-state index in [9.17, 15) is 0 Å². The number of nitrogens with one attached hydrogen (secondary N) is 1. The molecule has 0 aliphatic carbocycles. The molecule has 0 radical (unpaired) electrons. The Morgan fingerprint density at radius 3 is 2.80 bits per heavy atom. The molecule has 0 bridgehead atoms. The van der Waals surface area contributed by atoms with E-state index in [1.54, 1.807) is 6.20 Å². The van der Waals surface area contributed by atoms with Gasteiger partial charge in [0.05, 0.1) is 11.2 Å². The molecule has 0 atom stereocenters. The third kappa shape index (κ3) is 2.45. The lowest BCUT2D eigenvalue weighted by atomic mass is 10.1. The van der Waals surface area contributed by atoms with Crippen LogP contribution >= 0.6 is 0 Å². The second-order valence-corrected chi connectivity index (χ2v) is 4.57. The first-order chi connectivity index (χ1) is 9.88. The molecule has 0 saturated carbocycles. The van der Waals surface area contributed by atoms with Gasteiger partial charge in [-0.3, -0.25) is 4.98 Å². The van der Waals surface area contributed by atoms with Crippen molar-refractivity contribution in [3.8, 4) is 11.3 Å². The fourth-order valence-corrected chi connectivity index (χ4v) is 2.14. The predicted octanol–water partition coefficient (Wildman–Crippen LogP) is 3.51. The van der Waals surface area contributed by atoms with Crippen molar-refractivity contribution in [3.63, 3.8) is 0 Å². The van der Waals surface area contributed by atoms with E-state index in [1.165, 1.54) is 0 Å². The summed E-state index contributed by atoms with van der Waals surface area (Å²) in [6, 6.07) is 12.1. The summed E-state index contributed by atoms with van der Waals surface area (Å²) < 4.78 is 0. The van der Waals surface area contributed by atoms with Crippen molar-refractivity contribution in [2.24, 2.45) is 0 Å². The molecule has 0 aliphatic rings. The molecule has 4 nitrogen and oxygen atoms in total. The molecule has 1 N–H and O–H groups in total. The highest BCUT2D eigenvalue weighted by atomic mass is 15.1. The first-order valence-electron chi connectivity index (χ1n) is 6.79. The molecule has 2 heterocycles. The maximum atomic E-state index is 4.57. The van der Waals surface area contributed by atoms with Crippen molar-refractivity contribution in [2.75, 3.05) is 11.9 Å². The third-order valence-corrected chi connectivity index (χ3v) is 3.10. The van der Waals surface area contributed by atoms with Crippen LogP contribution in [0.4, 0.5) is 5.95 Å². The van der Waals surface area contributed by atoms with Gasteiger partial charge >= 0.3 is 0 Å². The Bertz CT molecular complexity index is 719. The number of nitrogens with zero attached hydrogens (tertiary/aromatic N) is 3. The van der Waals surface area contributed by atoms with E-state index >= 15 is 0 Å². The molecule has 4 heteroatoms. The smallest absolute Gasteiger partial charge is 0.223 e. The van der Waals surface area contributed by atoms with Gasteiger partial charge in [0.25, 0.3) is 0 Å². The highest BCUT2D eigenvalue weighted by Gasteiger charge is 2.06. The van der Waals surface area contributed by atoms with Crippen LogP contribution in [0.25, 0.3) is 22.2 Å². The van der Waals surface area contributed by atoms with Crippen molar-refractivity contribution < 1.29 is 0 Å². The topological polar surface area (TPSA) is 50.7 Å². The SMILES string of the molecule is CCCNc1nccc(-c2cccc3cccnc23)n1. The average molecular weight is 264 g/mol. The van der Waals surface area contributed by atoms with Gasteiger partial charge in [-0.15, -0.1) is 0 Å². The van der Waals surface area contributed by atoms with Crippen molar-refractivity contribution in [3.05, 3.63) is 48.8 Å². The Morgan fingerprint density at radius 2 is 1.90 bits per heavy atom. The first kappa shape index (κ1) is 12.5. The van der Waals surface area contributed by atoms with Crippen LogP contribution < -0.4 is 5.32 Å². The van der Waals surface area contributed by atoms with Gasteiger partial charge in [0.1, 0.15) is 0 Å². The minimum absolute atomic E-state index is 0.664. The molecule has 100 valence electrons. The van der Waals surface area contributed by atoms with E-state index in [0.717, 1.165) is 35.1 Å². The Hall–Kier alpha value is -2.49. The number of benzene rings is 1. The molecule has 0 fully saturated rings. The molecule has 0 unspecified atom stereocenters. The van der Waals surface area contributed by atoms with E-state index in [1.807, 2.05) is 30.5 Å². The molecule has 3 rings (SSSR count). The highest BCUT2D eigenvalue weighted by Crippen LogP contribution is 2.25. The van der Waals surface area contributed by atoms with Gasteiger partial charge in [0.2, 0.25) is 5.95 Å². The summed E-state index contributed by atoms with van der Waals surface area (Å²) in [5.74, 6) is 0.664. The summed E-state index contributed by atoms with van der Waals surface area (Å²) in [5.41, 5.74) is 2.89. The predicted molar refractivity (Wildman–Crippen MR) is 81.5 cm³/mol. The summed E-state index contributed by atoms with van der Waals surface area (Å²) in [4.78, 5) is 13.3. The van der Waals surface area contributed by atoms with Crippen LogP contribution in [0.2, 0.25) is 0 Å². The molecule has 2 aromatic heterocycles. The zero-order valence-corrected chi connectivity index (χ0v) is 11.4. The number of rotatable bonds is 4. The van der Waals surface area contributed by atoms with Gasteiger partial charge in [0.15, 0.2) is 0 Å². The zero-order chi connectivity index (χ0) is 13.8. The van der Waals surface area contributed by atoms with Crippen molar-refractivity contribution in [2.45, 2.75) is 13.3 Å². The largest absolute Gasteiger partial charge is 0.354 e. The van der Waals surface area contributed by atoms with Gasteiger partial charge in [0, 0.05) is 29.9 Å². The average Bonchev–Trinajstić information content (AvgIpc) is 2.52. The molecule has 20 heavy (non-hydrogen) atoms. The van der Waals surface area contributed by atoms with Gasteiger partial charge < -0.3 is 5.32 Å². The van der Waals surface area contributed by atoms with Crippen molar-refractivity contribution >= 4 is 16.9 Å². The van der Waals surface area contributed by atoms with E-state index in [-0.39, 0.29) is 0 Å². The first-order valence-corrected chi connectivity index (χ1v) is 6.79. The lowest BCUT2D eigenvalue weighted by Crippen LogP contribution is -2.04. The minimum Gasteiger partial charge on any atom is -0.354 e. The van der Waals surface area contributed by atoms with Crippen molar-refractivity contribution in [1.29, 1.82) is 0 Å². The standard InChI is InChI=1S/C16H16N4/c1-2-9-18-16-19-11-8-14(20-16)13-7-3-5-12-6-4-10-17-15(12)13/h3-8,10-11H,2,9H2,1H3,(H,18,19,20). The molecule has 0 spiro atoms. The van der Waals surface area contributed by atoms with Crippen LogP contribution in [0.3, 0.4) is 0 Å². The fourth-order valence-electron chi connectivity index (χ4n) is 2.14. The summed E-state index contributed by atoms with van der Waals surface area (Å²) in [6.07, 6.45) is 4.63. The van der Waals surface area contributed by atoms with Crippen molar-refractivity contribution in [1.82, 2.24) is 15.0 Å². The molecule has 0 amide bonds. The van der Waals surface area contributed by atoms with Gasteiger partial charge in [-0.25, -0.2) is 9.97 Å². The Morgan fingerprint density at radius 1 is 1.00 bits per heavy atom. The Kier molecular flexibility index (Phi) is 3.54. The van der Waals surface area contributed by atoms with Gasteiger partial charge in [-0.2, -0.15) is 0 Å². The Balaban J connectivity index is 2.06. The Labute approximate surface area is 117 Å². The van der Waals surface area contributed by atoms with E-state index in [2.05, 4.69) is 39.3 Å². The lowest BCUT2D eigenvalue weighted by Gasteiger charge is -2.07.